The van der Waals surface area contributed by atoms with Gasteiger partial charge < -0.3 is 9.47 Å². The maximum Gasteiger partial charge on any atom is 0.268 e. The van der Waals surface area contributed by atoms with Gasteiger partial charge in [-0.05, 0) is 64.7 Å². The molecule has 0 unspecified atom stereocenters. The Labute approximate surface area is 272 Å². The highest BCUT2D eigenvalue weighted by Gasteiger charge is 2.32. The highest BCUT2D eigenvalue weighted by Crippen LogP contribution is 2.44. The average molecular weight is 686 g/mol. The highest BCUT2D eigenvalue weighted by molar-refractivity contribution is 9.10. The van der Waals surface area contributed by atoms with E-state index in [0.717, 1.165) is 27.8 Å². The lowest BCUT2D eigenvalue weighted by Crippen LogP contribution is -2.20. The van der Waals surface area contributed by atoms with Crippen molar-refractivity contribution in [1.29, 1.82) is 0 Å². The first-order valence-electron chi connectivity index (χ1n) is 14.2. The van der Waals surface area contributed by atoms with E-state index in [1.54, 1.807) is 19.2 Å². The van der Waals surface area contributed by atoms with Crippen LogP contribution in [0.3, 0.4) is 0 Å². The maximum absolute atomic E-state index is 13.7. The molecule has 0 atom stereocenters. The molecule has 6 rings (SSSR count). The Bertz CT molecular complexity index is 1990. The van der Waals surface area contributed by atoms with Crippen LogP contribution in [0.5, 0.6) is 11.5 Å². The third kappa shape index (κ3) is 6.01. The molecule has 2 aromatic heterocycles. The highest BCUT2D eigenvalue weighted by atomic mass is 79.9. The number of benzene rings is 4. The van der Waals surface area contributed by atoms with Crippen molar-refractivity contribution in [1.82, 2.24) is 20.4 Å². The zero-order chi connectivity index (χ0) is 31.7. The number of aromatic amines is 4. The Morgan fingerprint density at radius 2 is 1.29 bits per heavy atom. The summed E-state index contributed by atoms with van der Waals surface area (Å²) in [7, 11) is 1.55. The molecule has 0 aliphatic heterocycles. The number of halogens is 2. The molecule has 10 heteroatoms. The number of aryl methyl sites for hydroxylation is 2. The molecule has 0 radical (unpaired) electrons. The quantitative estimate of drug-likeness (QED) is 0.124. The Morgan fingerprint density at radius 3 is 1.80 bits per heavy atom. The van der Waals surface area contributed by atoms with Gasteiger partial charge in [0.25, 0.3) is 11.1 Å². The van der Waals surface area contributed by atoms with E-state index in [4.69, 9.17) is 21.1 Å². The van der Waals surface area contributed by atoms with Gasteiger partial charge in [-0.1, -0.05) is 89.5 Å². The van der Waals surface area contributed by atoms with Crippen LogP contribution < -0.4 is 20.6 Å². The van der Waals surface area contributed by atoms with Gasteiger partial charge in [0.2, 0.25) is 0 Å². The van der Waals surface area contributed by atoms with Crippen LogP contribution in [-0.4, -0.2) is 27.5 Å². The van der Waals surface area contributed by atoms with E-state index in [2.05, 4.69) is 36.3 Å². The molecular formula is C35H30BrClN4O4. The summed E-state index contributed by atoms with van der Waals surface area (Å²) in [5.41, 5.74) is 6.46. The third-order valence-corrected chi connectivity index (χ3v) is 8.76. The summed E-state index contributed by atoms with van der Waals surface area (Å²) in [6.07, 6.45) is 0. The molecule has 228 valence electrons. The van der Waals surface area contributed by atoms with Crippen molar-refractivity contribution in [3.05, 3.63) is 149 Å². The largest absolute Gasteiger partial charge is 0.493 e. The Kier molecular flexibility index (Phi) is 8.56. The molecule has 0 saturated carbocycles. The van der Waals surface area contributed by atoms with Gasteiger partial charge in [0, 0.05) is 16.5 Å². The van der Waals surface area contributed by atoms with Gasteiger partial charge in [-0.3, -0.25) is 30.0 Å². The van der Waals surface area contributed by atoms with Crippen LogP contribution in [0.1, 0.15) is 39.3 Å². The van der Waals surface area contributed by atoms with Gasteiger partial charge in [0.15, 0.2) is 11.5 Å². The minimum Gasteiger partial charge on any atom is -0.493 e. The molecule has 0 bridgehead atoms. The van der Waals surface area contributed by atoms with E-state index in [0.29, 0.717) is 49.1 Å². The molecule has 8 nitrogen and oxygen atoms in total. The second kappa shape index (κ2) is 12.7. The molecule has 4 aromatic carbocycles. The standard InChI is InChI=1S/C35H30BrClN4O4/c1-19-8-12-21(13-9-19)31-29(34(42)40-38-31)28(30-32(39-41-35(30)43)22-14-10-20(2)11-15-22)24-16-25(36)33(27(17-24)44-3)45-18-23-6-4-5-7-26(23)37/h4-17,28H,18H2,1-3H3,(H2,38,40,42)(H2,39,41,43). The first-order valence-corrected chi connectivity index (χ1v) is 15.4. The zero-order valence-corrected chi connectivity index (χ0v) is 27.1. The van der Waals surface area contributed by atoms with Gasteiger partial charge in [-0.25, -0.2) is 0 Å². The summed E-state index contributed by atoms with van der Waals surface area (Å²) >= 11 is 10.0. The van der Waals surface area contributed by atoms with Gasteiger partial charge in [-0.15, -0.1) is 0 Å². The van der Waals surface area contributed by atoms with Crippen molar-refractivity contribution in [3.63, 3.8) is 0 Å². The van der Waals surface area contributed by atoms with Gasteiger partial charge in [0.1, 0.15) is 6.61 Å². The van der Waals surface area contributed by atoms with Crippen molar-refractivity contribution < 1.29 is 9.47 Å². The fourth-order valence-corrected chi connectivity index (χ4v) is 6.24. The first kappa shape index (κ1) is 30.3. The Balaban J connectivity index is 1.55. The zero-order valence-electron chi connectivity index (χ0n) is 24.8. The fourth-order valence-electron chi connectivity index (χ4n) is 5.47. The van der Waals surface area contributed by atoms with Crippen LogP contribution in [0.4, 0.5) is 0 Å². The van der Waals surface area contributed by atoms with E-state index in [1.807, 2.05) is 86.6 Å². The molecule has 4 N–H and O–H groups in total. The monoisotopic (exact) mass is 684 g/mol. The topological polar surface area (TPSA) is 116 Å². The number of nitrogens with one attached hydrogen (secondary N) is 4. The number of aromatic nitrogens is 4. The smallest absolute Gasteiger partial charge is 0.268 e. The molecule has 6 aromatic rings. The predicted octanol–water partition coefficient (Wildman–Crippen LogP) is 7.85. The van der Waals surface area contributed by atoms with Crippen LogP contribution in [0.15, 0.2) is 99.0 Å². The first-order chi connectivity index (χ1) is 21.7. The SMILES string of the molecule is COc1cc(C(c2c(-c3ccc(C)cc3)[nH][nH]c2=O)c2c(-c3ccc(C)cc3)[nH][nH]c2=O)cc(Br)c1OCc1ccccc1Cl. The molecule has 45 heavy (non-hydrogen) atoms. The number of ether oxygens (including phenoxy) is 2. The van der Waals surface area contributed by atoms with E-state index in [9.17, 15) is 9.59 Å². The summed E-state index contributed by atoms with van der Waals surface area (Å²) in [5, 5.41) is 12.3. The number of rotatable bonds is 9. The summed E-state index contributed by atoms with van der Waals surface area (Å²) in [4.78, 5) is 27.4. The number of H-pyrrole nitrogens is 4. The molecular weight excluding hydrogens is 656 g/mol. The molecule has 0 amide bonds. The molecule has 0 saturated heterocycles. The Morgan fingerprint density at radius 1 is 0.756 bits per heavy atom. The minimum atomic E-state index is -0.814. The normalized spacial score (nSPS) is 11.2. The van der Waals surface area contributed by atoms with Crippen LogP contribution in [0.25, 0.3) is 22.5 Å². The van der Waals surface area contributed by atoms with E-state index in [-0.39, 0.29) is 17.7 Å². The van der Waals surface area contributed by atoms with Crippen molar-refractivity contribution in [2.75, 3.05) is 7.11 Å². The van der Waals surface area contributed by atoms with Crippen LogP contribution in [-0.2, 0) is 6.61 Å². The van der Waals surface area contributed by atoms with Crippen molar-refractivity contribution in [2.45, 2.75) is 26.4 Å². The average Bonchev–Trinajstić information content (AvgIpc) is 3.60. The van der Waals surface area contributed by atoms with Crippen molar-refractivity contribution in [2.24, 2.45) is 0 Å². The summed E-state index contributed by atoms with van der Waals surface area (Å²) in [6, 6.07) is 26.8. The van der Waals surface area contributed by atoms with E-state index < -0.39 is 5.92 Å². The summed E-state index contributed by atoms with van der Waals surface area (Å²) in [5.74, 6) is 0.0675. The summed E-state index contributed by atoms with van der Waals surface area (Å²) < 4.78 is 12.6. The lowest BCUT2D eigenvalue weighted by atomic mass is 9.83. The molecule has 2 heterocycles. The van der Waals surface area contributed by atoms with Gasteiger partial charge in [0.05, 0.1) is 34.1 Å². The molecule has 0 aliphatic rings. The van der Waals surface area contributed by atoms with Crippen LogP contribution >= 0.6 is 27.5 Å². The predicted molar refractivity (Wildman–Crippen MR) is 181 cm³/mol. The Hall–Kier alpha value is -4.73. The summed E-state index contributed by atoms with van der Waals surface area (Å²) in [6.45, 7) is 4.21. The van der Waals surface area contributed by atoms with Gasteiger partial charge in [-0.2, -0.15) is 0 Å². The van der Waals surface area contributed by atoms with E-state index >= 15 is 0 Å². The van der Waals surface area contributed by atoms with Crippen molar-refractivity contribution >= 4 is 27.5 Å². The number of hydrogen-bond acceptors (Lipinski definition) is 4. The van der Waals surface area contributed by atoms with E-state index in [1.165, 1.54) is 0 Å². The molecule has 0 aliphatic carbocycles. The van der Waals surface area contributed by atoms with Crippen LogP contribution in [0.2, 0.25) is 5.02 Å². The van der Waals surface area contributed by atoms with Gasteiger partial charge >= 0.3 is 0 Å². The lowest BCUT2D eigenvalue weighted by Gasteiger charge is -2.21. The second-order valence-corrected chi connectivity index (χ2v) is 12.1. The number of hydrogen-bond donors (Lipinski definition) is 4. The van der Waals surface area contributed by atoms with Crippen LogP contribution in [0, 0.1) is 13.8 Å². The fraction of sp³-hybridized carbons (Fsp3) is 0.143. The third-order valence-electron chi connectivity index (χ3n) is 7.80. The molecule has 0 fully saturated rings. The number of methoxy groups -OCH3 is 1. The van der Waals surface area contributed by atoms with Crippen molar-refractivity contribution in [3.8, 4) is 34.0 Å². The maximum atomic E-state index is 13.7. The minimum absolute atomic E-state index is 0.210. The molecule has 0 spiro atoms. The lowest BCUT2D eigenvalue weighted by molar-refractivity contribution is 0.282. The second-order valence-electron chi connectivity index (χ2n) is 10.8.